The van der Waals surface area contributed by atoms with Gasteiger partial charge in [-0.3, -0.25) is 4.40 Å². The fraction of sp³-hybridized carbons (Fsp3) is 0.455. The van der Waals surface area contributed by atoms with Gasteiger partial charge in [-0.05, 0) is 41.6 Å². The van der Waals surface area contributed by atoms with Gasteiger partial charge in [-0.15, -0.1) is 16.4 Å². The van der Waals surface area contributed by atoms with Crippen LogP contribution in [0.5, 0.6) is 0 Å². The highest BCUT2D eigenvalue weighted by Gasteiger charge is 2.29. The summed E-state index contributed by atoms with van der Waals surface area (Å²) in [6.07, 6.45) is 5.15. The topological polar surface area (TPSA) is 86.9 Å². The van der Waals surface area contributed by atoms with Gasteiger partial charge in [0.05, 0.1) is 11.7 Å². The van der Waals surface area contributed by atoms with Gasteiger partial charge >= 0.3 is 0 Å². The number of thiazole rings is 1. The molecule has 0 spiro atoms. The van der Waals surface area contributed by atoms with Crippen LogP contribution >= 0.6 is 23.1 Å². The molecule has 1 saturated carbocycles. The first-order valence-corrected chi connectivity index (χ1v) is 8.16. The van der Waals surface area contributed by atoms with Crippen molar-refractivity contribution in [3.05, 3.63) is 17.3 Å². The summed E-state index contributed by atoms with van der Waals surface area (Å²) in [6, 6.07) is 0.467. The average Bonchev–Trinajstić information content (AvgIpc) is 2.88. The number of fused-ring (bicyclic) bond motifs is 1. The minimum absolute atomic E-state index is 0.467. The van der Waals surface area contributed by atoms with E-state index in [-0.39, 0.29) is 0 Å². The fourth-order valence-corrected chi connectivity index (χ4v) is 3.92. The maximum Gasteiger partial charge on any atom is 0.215 e. The van der Waals surface area contributed by atoms with E-state index in [4.69, 9.17) is 5.73 Å². The van der Waals surface area contributed by atoms with E-state index in [0.29, 0.717) is 12.6 Å². The summed E-state index contributed by atoms with van der Waals surface area (Å²) in [6.45, 7) is 0.602. The van der Waals surface area contributed by atoms with Crippen molar-refractivity contribution in [3.63, 3.8) is 0 Å². The molecule has 9 heteroatoms. The Bertz CT molecular complexity index is 739. The number of hydrogen-bond acceptors (Lipinski definition) is 7. The molecule has 104 valence electrons. The fourth-order valence-electron chi connectivity index (χ4n) is 2.15. The van der Waals surface area contributed by atoms with Crippen molar-refractivity contribution < 1.29 is 0 Å². The second-order valence-electron chi connectivity index (χ2n) is 4.70. The summed E-state index contributed by atoms with van der Waals surface area (Å²) in [5, 5.41) is 15.8. The van der Waals surface area contributed by atoms with Gasteiger partial charge < -0.3 is 5.73 Å². The number of imidazole rings is 1. The Morgan fingerprint density at radius 2 is 2.35 bits per heavy atom. The van der Waals surface area contributed by atoms with E-state index in [1.807, 2.05) is 16.3 Å². The number of rotatable bonds is 5. The monoisotopic (exact) mass is 307 g/mol. The van der Waals surface area contributed by atoms with Crippen LogP contribution in [0.25, 0.3) is 4.96 Å². The third kappa shape index (κ3) is 2.02. The number of hydrogen-bond donors (Lipinski definition) is 1. The zero-order chi connectivity index (χ0) is 13.5. The second kappa shape index (κ2) is 4.83. The van der Waals surface area contributed by atoms with Gasteiger partial charge in [0.2, 0.25) is 5.16 Å². The molecule has 0 saturated heterocycles. The zero-order valence-electron chi connectivity index (χ0n) is 10.6. The van der Waals surface area contributed by atoms with Crippen LogP contribution in [0, 0.1) is 0 Å². The number of tetrazole rings is 1. The highest BCUT2D eigenvalue weighted by molar-refractivity contribution is 7.99. The van der Waals surface area contributed by atoms with Crippen molar-refractivity contribution in [1.82, 2.24) is 29.6 Å². The van der Waals surface area contributed by atoms with Gasteiger partial charge in [0.25, 0.3) is 0 Å². The third-order valence-corrected chi connectivity index (χ3v) is 4.98. The molecule has 0 radical (unpaired) electrons. The Balaban J connectivity index is 1.72. The van der Waals surface area contributed by atoms with Crippen molar-refractivity contribution in [2.45, 2.75) is 35.5 Å². The molecule has 0 aliphatic heterocycles. The molecule has 4 rings (SSSR count). The van der Waals surface area contributed by atoms with E-state index < -0.39 is 0 Å². The smallest absolute Gasteiger partial charge is 0.215 e. The Hall–Kier alpha value is -1.45. The minimum atomic E-state index is 0.467. The third-order valence-electron chi connectivity index (χ3n) is 3.25. The molecule has 1 aliphatic carbocycles. The number of nitrogens with two attached hydrogens (primary N) is 1. The molecular formula is C11H13N7S2. The molecule has 3 heterocycles. The first-order valence-electron chi connectivity index (χ1n) is 6.47. The van der Waals surface area contributed by atoms with Gasteiger partial charge in [-0.1, -0.05) is 0 Å². The Labute approximate surface area is 123 Å². The first kappa shape index (κ1) is 12.3. The van der Waals surface area contributed by atoms with Crippen molar-refractivity contribution in [3.8, 4) is 0 Å². The summed E-state index contributed by atoms with van der Waals surface area (Å²) in [5.41, 5.74) is 6.86. The first-order chi connectivity index (χ1) is 9.86. The lowest BCUT2D eigenvalue weighted by molar-refractivity contribution is 0.565. The predicted molar refractivity (Wildman–Crippen MR) is 76.0 cm³/mol. The molecule has 3 aromatic rings. The zero-order valence-corrected chi connectivity index (χ0v) is 12.3. The number of aromatic nitrogens is 6. The van der Waals surface area contributed by atoms with Crippen LogP contribution in [0.15, 0.2) is 21.8 Å². The van der Waals surface area contributed by atoms with Crippen LogP contribution in [-0.4, -0.2) is 36.1 Å². The molecule has 1 fully saturated rings. The van der Waals surface area contributed by atoms with Crippen molar-refractivity contribution in [1.29, 1.82) is 0 Å². The minimum Gasteiger partial charge on any atom is -0.330 e. The quantitative estimate of drug-likeness (QED) is 0.766. The molecule has 0 aromatic carbocycles. The van der Waals surface area contributed by atoms with Crippen molar-refractivity contribution in [2.75, 3.05) is 6.54 Å². The standard InChI is InChI=1S/C11H13N7S2/c12-4-3-8-9(13-10-17(8)5-6-19-10)20-11-14-15-16-18(11)7-1-2-7/h5-7H,1-4,12H2. The van der Waals surface area contributed by atoms with Gasteiger partial charge in [-0.2, -0.15) is 0 Å². The summed E-state index contributed by atoms with van der Waals surface area (Å²) >= 11 is 3.16. The predicted octanol–water partition coefficient (Wildman–Crippen LogP) is 1.37. The highest BCUT2D eigenvalue weighted by Crippen LogP contribution is 2.38. The van der Waals surface area contributed by atoms with Crippen LogP contribution in [-0.2, 0) is 6.42 Å². The summed E-state index contributed by atoms with van der Waals surface area (Å²) in [4.78, 5) is 5.65. The van der Waals surface area contributed by atoms with Gasteiger partial charge in [-0.25, -0.2) is 9.67 Å². The van der Waals surface area contributed by atoms with Gasteiger partial charge in [0.1, 0.15) is 5.03 Å². The lowest BCUT2D eigenvalue weighted by Crippen LogP contribution is -2.06. The van der Waals surface area contributed by atoms with Crippen molar-refractivity contribution in [2.24, 2.45) is 5.73 Å². The van der Waals surface area contributed by atoms with E-state index in [2.05, 4.69) is 24.9 Å². The molecule has 0 bridgehead atoms. The Kier molecular flexibility index (Phi) is 2.97. The average molecular weight is 307 g/mol. The Morgan fingerprint density at radius 1 is 1.45 bits per heavy atom. The Morgan fingerprint density at radius 3 is 3.15 bits per heavy atom. The summed E-state index contributed by atoms with van der Waals surface area (Å²) in [7, 11) is 0. The van der Waals surface area contributed by atoms with E-state index in [1.165, 1.54) is 11.8 Å². The van der Waals surface area contributed by atoms with E-state index in [9.17, 15) is 0 Å². The maximum absolute atomic E-state index is 5.72. The largest absolute Gasteiger partial charge is 0.330 e. The summed E-state index contributed by atoms with van der Waals surface area (Å²) < 4.78 is 4.01. The van der Waals surface area contributed by atoms with E-state index in [0.717, 1.165) is 40.1 Å². The second-order valence-corrected chi connectivity index (χ2v) is 6.53. The van der Waals surface area contributed by atoms with Crippen LogP contribution in [0.4, 0.5) is 0 Å². The van der Waals surface area contributed by atoms with Crippen LogP contribution in [0.1, 0.15) is 24.6 Å². The SMILES string of the molecule is NCCc1c(Sc2nnnn2C2CC2)nc2sccn12. The molecule has 0 amide bonds. The lowest BCUT2D eigenvalue weighted by atomic mass is 10.3. The van der Waals surface area contributed by atoms with E-state index >= 15 is 0 Å². The normalized spacial score (nSPS) is 15.2. The van der Waals surface area contributed by atoms with Crippen LogP contribution < -0.4 is 5.73 Å². The summed E-state index contributed by atoms with van der Waals surface area (Å²) in [5.74, 6) is 0. The number of nitrogens with zero attached hydrogens (tertiary/aromatic N) is 6. The molecule has 0 unspecified atom stereocenters. The lowest BCUT2D eigenvalue weighted by Gasteiger charge is -2.02. The van der Waals surface area contributed by atoms with Crippen molar-refractivity contribution >= 4 is 28.1 Å². The van der Waals surface area contributed by atoms with E-state index in [1.54, 1.807) is 11.3 Å². The van der Waals surface area contributed by atoms with Gasteiger partial charge in [0.15, 0.2) is 4.96 Å². The molecule has 0 atom stereocenters. The molecular weight excluding hydrogens is 294 g/mol. The molecule has 2 N–H and O–H groups in total. The molecule has 20 heavy (non-hydrogen) atoms. The van der Waals surface area contributed by atoms with Crippen LogP contribution in [0.2, 0.25) is 0 Å². The molecule has 7 nitrogen and oxygen atoms in total. The van der Waals surface area contributed by atoms with Gasteiger partial charge in [0, 0.05) is 18.0 Å². The maximum atomic E-state index is 5.72. The molecule has 1 aliphatic rings. The molecule has 3 aromatic heterocycles. The van der Waals surface area contributed by atoms with Crippen LogP contribution in [0.3, 0.4) is 0 Å². The highest BCUT2D eigenvalue weighted by atomic mass is 32.2.